The summed E-state index contributed by atoms with van der Waals surface area (Å²) in [6, 6.07) is -1.04. The number of nitrogens with one attached hydrogen (secondary N) is 1. The van der Waals surface area contributed by atoms with Gasteiger partial charge >= 0.3 is 5.97 Å². The van der Waals surface area contributed by atoms with Crippen LogP contribution >= 0.6 is 0 Å². The van der Waals surface area contributed by atoms with E-state index in [0.29, 0.717) is 25.2 Å². The molecule has 0 aliphatic heterocycles. The fourth-order valence-corrected chi connectivity index (χ4v) is 4.06. The number of carbonyl (C=O) groups is 2. The number of rotatable bonds is 6. The molecule has 0 aromatic rings. The molecule has 1 amide bonds. The Hall–Kier alpha value is -1.70. The van der Waals surface area contributed by atoms with E-state index in [2.05, 4.69) is 10.1 Å². The first-order valence-electron chi connectivity index (χ1n) is 9.18. The van der Waals surface area contributed by atoms with Gasteiger partial charge in [0.25, 0.3) is 0 Å². The van der Waals surface area contributed by atoms with E-state index in [9.17, 15) is 19.7 Å². The third-order valence-corrected chi connectivity index (χ3v) is 5.60. The number of hydrogen-bond donors (Lipinski definition) is 2. The van der Waals surface area contributed by atoms with Crippen LogP contribution in [0.1, 0.15) is 57.8 Å². The second-order valence-corrected chi connectivity index (χ2v) is 7.39. The summed E-state index contributed by atoms with van der Waals surface area (Å²) in [4.78, 5) is 34.5. The molecule has 2 fully saturated rings. The van der Waals surface area contributed by atoms with E-state index in [1.54, 1.807) is 0 Å². The molecule has 0 aromatic heterocycles. The molecule has 8 heteroatoms. The molecule has 142 valence electrons. The maximum absolute atomic E-state index is 12.4. The van der Waals surface area contributed by atoms with Crippen molar-refractivity contribution in [2.75, 3.05) is 7.11 Å². The molecule has 2 rings (SSSR count). The van der Waals surface area contributed by atoms with Crippen molar-refractivity contribution in [3.8, 4) is 0 Å². The van der Waals surface area contributed by atoms with Crippen LogP contribution in [0.25, 0.3) is 0 Å². The largest absolute Gasteiger partial charge is 0.468 e. The van der Waals surface area contributed by atoms with Crippen molar-refractivity contribution < 1.29 is 19.2 Å². The molecule has 0 aromatic carbocycles. The fraction of sp³-hybridized carbons (Fsp3) is 0.882. The Balaban J connectivity index is 1.73. The normalized spacial score (nSPS) is 31.0. The van der Waals surface area contributed by atoms with Crippen LogP contribution in [0.3, 0.4) is 0 Å². The van der Waals surface area contributed by atoms with Gasteiger partial charge in [-0.15, -0.1) is 0 Å². The Bertz CT molecular complexity index is 491. The summed E-state index contributed by atoms with van der Waals surface area (Å²) in [5, 5.41) is 14.0. The number of hydrogen-bond acceptors (Lipinski definition) is 6. The minimum Gasteiger partial charge on any atom is -0.468 e. The molecule has 3 atom stereocenters. The topological polar surface area (TPSA) is 125 Å². The zero-order chi connectivity index (χ0) is 18.4. The second-order valence-electron chi connectivity index (χ2n) is 7.39. The molecule has 25 heavy (non-hydrogen) atoms. The van der Waals surface area contributed by atoms with E-state index in [1.807, 2.05) is 0 Å². The van der Waals surface area contributed by atoms with Gasteiger partial charge in [0.2, 0.25) is 11.9 Å². The second kappa shape index (κ2) is 9.12. The highest BCUT2D eigenvalue weighted by Crippen LogP contribution is 2.30. The summed E-state index contributed by atoms with van der Waals surface area (Å²) in [6.45, 7) is 0. The van der Waals surface area contributed by atoms with Gasteiger partial charge in [-0.1, -0.05) is 0 Å². The monoisotopic (exact) mass is 355 g/mol. The molecule has 8 nitrogen and oxygen atoms in total. The van der Waals surface area contributed by atoms with Crippen LogP contribution in [0.2, 0.25) is 0 Å². The van der Waals surface area contributed by atoms with Crippen LogP contribution in [-0.2, 0) is 14.3 Å². The highest BCUT2D eigenvalue weighted by atomic mass is 16.6. The molecule has 3 N–H and O–H groups in total. The Morgan fingerprint density at radius 2 is 1.92 bits per heavy atom. The number of esters is 1. The van der Waals surface area contributed by atoms with Crippen molar-refractivity contribution in [1.29, 1.82) is 0 Å². The molecule has 0 saturated heterocycles. The Labute approximate surface area is 148 Å². The molecule has 0 heterocycles. The Morgan fingerprint density at radius 3 is 2.52 bits per heavy atom. The molecule has 0 radical (unpaired) electrons. The number of nitrogens with two attached hydrogens (primary N) is 1. The van der Waals surface area contributed by atoms with Crippen LogP contribution in [0.4, 0.5) is 0 Å². The minimum atomic E-state index is -0.583. The standard InChI is InChI=1S/C17H29N3O5/c1-25-17(22)15(18)9-11-5-7-13(8-6-11)19-16(21)12-3-2-4-14(10-12)20(23)24/h11-15H,2-10,18H2,1H3,(H,19,21). The van der Waals surface area contributed by atoms with Gasteiger partial charge in [-0.3, -0.25) is 19.7 Å². The van der Waals surface area contributed by atoms with Crippen LogP contribution in [0.5, 0.6) is 0 Å². The van der Waals surface area contributed by atoms with Crippen molar-refractivity contribution in [2.45, 2.75) is 75.9 Å². The van der Waals surface area contributed by atoms with Gasteiger partial charge in [0.1, 0.15) is 6.04 Å². The number of ether oxygens (including phenoxy) is 1. The van der Waals surface area contributed by atoms with E-state index in [0.717, 1.165) is 38.5 Å². The summed E-state index contributed by atoms with van der Waals surface area (Å²) in [5.74, 6) is -0.292. The van der Waals surface area contributed by atoms with Crippen LogP contribution in [-0.4, -0.2) is 42.0 Å². The van der Waals surface area contributed by atoms with Crippen LogP contribution < -0.4 is 11.1 Å². The molecule has 2 aliphatic rings. The third kappa shape index (κ3) is 5.66. The van der Waals surface area contributed by atoms with Crippen molar-refractivity contribution in [2.24, 2.45) is 17.6 Å². The number of carbonyl (C=O) groups excluding carboxylic acids is 2. The SMILES string of the molecule is COC(=O)C(N)CC1CCC(NC(=O)C2CCCC([N+](=O)[O-])C2)CC1. The summed E-state index contributed by atoms with van der Waals surface area (Å²) in [7, 11) is 1.34. The van der Waals surface area contributed by atoms with Crippen molar-refractivity contribution in [3.05, 3.63) is 10.1 Å². The summed E-state index contributed by atoms with van der Waals surface area (Å²) < 4.78 is 4.65. The maximum atomic E-state index is 12.4. The number of nitrogens with zero attached hydrogens (tertiary/aromatic N) is 1. The first-order valence-corrected chi connectivity index (χ1v) is 9.18. The molecular weight excluding hydrogens is 326 g/mol. The van der Waals surface area contributed by atoms with E-state index >= 15 is 0 Å². The van der Waals surface area contributed by atoms with Gasteiger partial charge < -0.3 is 15.8 Å². The van der Waals surface area contributed by atoms with Crippen LogP contribution in [0, 0.1) is 22.0 Å². The first-order chi connectivity index (χ1) is 11.9. The lowest BCUT2D eigenvalue weighted by molar-refractivity contribution is -0.527. The average molecular weight is 355 g/mol. The van der Waals surface area contributed by atoms with E-state index < -0.39 is 12.1 Å². The van der Waals surface area contributed by atoms with Crippen LogP contribution in [0.15, 0.2) is 0 Å². The predicted octanol–water partition coefficient (Wildman–Crippen LogP) is 1.39. The highest BCUT2D eigenvalue weighted by molar-refractivity contribution is 5.79. The predicted molar refractivity (Wildman–Crippen MR) is 91.2 cm³/mol. The van der Waals surface area contributed by atoms with Crippen molar-refractivity contribution in [1.82, 2.24) is 5.32 Å². The van der Waals surface area contributed by atoms with Gasteiger partial charge in [0, 0.05) is 29.7 Å². The lowest BCUT2D eigenvalue weighted by Crippen LogP contribution is -2.44. The number of nitro groups is 1. The number of amides is 1. The molecular formula is C17H29N3O5. The fourth-order valence-electron chi connectivity index (χ4n) is 4.06. The molecule has 2 aliphatic carbocycles. The minimum absolute atomic E-state index is 0.0405. The highest BCUT2D eigenvalue weighted by Gasteiger charge is 2.34. The lowest BCUT2D eigenvalue weighted by atomic mass is 9.81. The maximum Gasteiger partial charge on any atom is 0.322 e. The van der Waals surface area contributed by atoms with E-state index in [1.165, 1.54) is 7.11 Å². The van der Waals surface area contributed by atoms with E-state index in [4.69, 9.17) is 5.73 Å². The zero-order valence-corrected chi connectivity index (χ0v) is 14.8. The quantitative estimate of drug-likeness (QED) is 0.421. The van der Waals surface area contributed by atoms with Gasteiger partial charge in [0.15, 0.2) is 0 Å². The number of methoxy groups -OCH3 is 1. The van der Waals surface area contributed by atoms with Crippen molar-refractivity contribution in [3.63, 3.8) is 0 Å². The first kappa shape index (κ1) is 19.6. The van der Waals surface area contributed by atoms with E-state index in [-0.39, 0.29) is 28.8 Å². The lowest BCUT2D eigenvalue weighted by Gasteiger charge is -2.32. The third-order valence-electron chi connectivity index (χ3n) is 5.60. The smallest absolute Gasteiger partial charge is 0.322 e. The zero-order valence-electron chi connectivity index (χ0n) is 14.8. The van der Waals surface area contributed by atoms with Gasteiger partial charge in [-0.2, -0.15) is 0 Å². The summed E-state index contributed by atoms with van der Waals surface area (Å²) in [6.07, 6.45) is 6.55. The summed E-state index contributed by atoms with van der Waals surface area (Å²) >= 11 is 0. The van der Waals surface area contributed by atoms with Gasteiger partial charge in [-0.05, 0) is 50.9 Å². The average Bonchev–Trinajstić information content (AvgIpc) is 2.62. The van der Waals surface area contributed by atoms with Gasteiger partial charge in [-0.25, -0.2) is 0 Å². The Morgan fingerprint density at radius 1 is 1.24 bits per heavy atom. The molecule has 3 unspecified atom stereocenters. The van der Waals surface area contributed by atoms with Crippen molar-refractivity contribution >= 4 is 11.9 Å². The molecule has 0 spiro atoms. The molecule has 0 bridgehead atoms. The summed E-state index contributed by atoms with van der Waals surface area (Å²) in [5.41, 5.74) is 5.81. The molecule has 2 saturated carbocycles. The Kier molecular flexibility index (Phi) is 7.16. The van der Waals surface area contributed by atoms with Gasteiger partial charge in [0.05, 0.1) is 7.11 Å².